The van der Waals surface area contributed by atoms with Crippen molar-refractivity contribution in [2.75, 3.05) is 6.61 Å². The van der Waals surface area contributed by atoms with E-state index < -0.39 is 98.7 Å². The molecule has 1 unspecified atom stereocenters. The Morgan fingerprint density at radius 3 is 2.16 bits per heavy atom. The Kier molecular flexibility index (Phi) is 11.9. The lowest BCUT2D eigenvalue weighted by molar-refractivity contribution is -0.384. The number of alkyl carbamates (subject to hydrolysis) is 1. The number of benzene rings is 2. The molecule has 6 rings (SSSR count). The third kappa shape index (κ3) is 7.72. The molecule has 2 saturated carbocycles. The predicted molar refractivity (Wildman–Crippen MR) is 220 cm³/mol. The topological polar surface area (TPSA) is 207 Å². The lowest BCUT2D eigenvalue weighted by atomic mass is 9.42. The number of nitrogens with zero attached hydrogens (tertiary/aromatic N) is 1. The van der Waals surface area contributed by atoms with Crippen molar-refractivity contribution >= 4 is 35.5 Å². The first-order valence-electron chi connectivity index (χ1n) is 20.8. The van der Waals surface area contributed by atoms with Gasteiger partial charge in [0.15, 0.2) is 5.60 Å². The van der Waals surface area contributed by atoms with Crippen LogP contribution in [-0.2, 0) is 38.1 Å². The molecule has 61 heavy (non-hydrogen) atoms. The normalized spacial score (nSPS) is 32.6. The number of carbonyl (C=O) groups is 5. The minimum absolute atomic E-state index is 0.103. The van der Waals surface area contributed by atoms with Crippen LogP contribution in [0.4, 0.5) is 10.5 Å². The van der Waals surface area contributed by atoms with Crippen molar-refractivity contribution in [2.45, 2.75) is 130 Å². The van der Waals surface area contributed by atoms with E-state index in [1.54, 1.807) is 85.7 Å². The van der Waals surface area contributed by atoms with Gasteiger partial charge < -0.3 is 34.1 Å². The number of ether oxygens (including phenoxy) is 5. The Morgan fingerprint density at radius 1 is 1.00 bits per heavy atom. The van der Waals surface area contributed by atoms with Crippen LogP contribution in [0.5, 0.6) is 0 Å². The highest BCUT2D eigenvalue weighted by Crippen LogP contribution is 2.66. The highest BCUT2D eigenvalue weighted by atomic mass is 16.6. The zero-order valence-corrected chi connectivity index (χ0v) is 36.7. The van der Waals surface area contributed by atoms with Gasteiger partial charge in [-0.25, -0.2) is 9.59 Å². The molecule has 0 aromatic heterocycles. The molecule has 2 aromatic carbocycles. The maximum Gasteiger partial charge on any atom is 0.408 e. The Hall–Kier alpha value is -5.15. The molecule has 2 N–H and O–H groups in total. The quantitative estimate of drug-likeness (QED) is 0.0859. The number of non-ortho nitro benzene ring substituents is 1. The van der Waals surface area contributed by atoms with Gasteiger partial charge in [0.2, 0.25) is 0 Å². The number of nitrogens with one attached hydrogen (secondary N) is 1. The van der Waals surface area contributed by atoms with Gasteiger partial charge in [0.1, 0.15) is 35.3 Å². The molecule has 3 aliphatic carbocycles. The van der Waals surface area contributed by atoms with Gasteiger partial charge in [-0.05, 0) is 75.8 Å². The Morgan fingerprint density at radius 2 is 1.62 bits per heavy atom. The molecule has 11 atom stereocenters. The summed E-state index contributed by atoms with van der Waals surface area (Å²) in [6.45, 7) is 18.5. The zero-order chi connectivity index (χ0) is 45.2. The van der Waals surface area contributed by atoms with Crippen molar-refractivity contribution in [1.29, 1.82) is 0 Å². The van der Waals surface area contributed by atoms with Crippen LogP contribution in [0.3, 0.4) is 0 Å². The highest BCUT2D eigenvalue weighted by molar-refractivity contribution is 5.92. The minimum Gasteiger partial charge on any atom is -0.457 e. The number of rotatable bonds is 9. The molecular formula is C46H58N2O13. The number of nitro benzene ring substituents is 1. The first-order chi connectivity index (χ1) is 28.3. The molecule has 3 fully saturated rings. The van der Waals surface area contributed by atoms with E-state index in [-0.39, 0.29) is 36.0 Å². The molecule has 2 aromatic rings. The van der Waals surface area contributed by atoms with Crippen LogP contribution in [0.2, 0.25) is 0 Å². The van der Waals surface area contributed by atoms with E-state index in [4.69, 9.17) is 23.7 Å². The largest absolute Gasteiger partial charge is 0.457 e. The van der Waals surface area contributed by atoms with Gasteiger partial charge in [-0.15, -0.1) is 0 Å². The molecule has 15 nitrogen and oxygen atoms in total. The van der Waals surface area contributed by atoms with Crippen LogP contribution in [0.15, 0.2) is 65.7 Å². The van der Waals surface area contributed by atoms with E-state index >= 15 is 4.79 Å². The van der Waals surface area contributed by atoms with E-state index in [0.717, 1.165) is 0 Å². The van der Waals surface area contributed by atoms with Crippen LogP contribution in [0, 0.1) is 44.6 Å². The van der Waals surface area contributed by atoms with Crippen LogP contribution < -0.4 is 5.32 Å². The van der Waals surface area contributed by atoms with Gasteiger partial charge >= 0.3 is 24.0 Å². The molecule has 1 amide bonds. The zero-order valence-electron chi connectivity index (χ0n) is 36.7. The van der Waals surface area contributed by atoms with Gasteiger partial charge in [-0.2, -0.15) is 0 Å². The monoisotopic (exact) mass is 846 g/mol. The van der Waals surface area contributed by atoms with Gasteiger partial charge in [0.25, 0.3) is 5.69 Å². The third-order valence-corrected chi connectivity index (χ3v) is 14.0. The van der Waals surface area contributed by atoms with Crippen molar-refractivity contribution in [3.63, 3.8) is 0 Å². The first-order valence-corrected chi connectivity index (χ1v) is 20.8. The molecular weight excluding hydrogens is 789 g/mol. The fourth-order valence-electron chi connectivity index (χ4n) is 10.7. The SMILES string of the molecule is CC(=O)O[C@@]12CO[C@@H]1C[C@H](C)[C@@]1(C)C(=O)[C@H](C)C3=C(C)[C@@H](OC(=O)[C@H](C)C(NC(=O)OC(C)(C)C)c4ccc([N+](=O)[O-])cc4)C[C@@](O)([C@@H](OC(=O)c4ccccc4)[C@H]21)C3(C)C. The molecule has 15 heteroatoms. The van der Waals surface area contributed by atoms with Crippen LogP contribution in [-0.4, -0.2) is 81.5 Å². The molecule has 0 radical (unpaired) electrons. The number of Topliss-reactive ketones (excluding diaryl/α,β-unsaturated/α-hetero) is 1. The third-order valence-electron chi connectivity index (χ3n) is 14.0. The molecule has 1 heterocycles. The molecule has 2 bridgehead atoms. The summed E-state index contributed by atoms with van der Waals surface area (Å²) in [5, 5.41) is 27.9. The van der Waals surface area contributed by atoms with Crippen LogP contribution in [0.25, 0.3) is 0 Å². The Labute approximate surface area is 356 Å². The van der Waals surface area contributed by atoms with Gasteiger partial charge in [0.05, 0.1) is 35.0 Å². The number of ketones is 1. The van der Waals surface area contributed by atoms with Crippen LogP contribution in [0.1, 0.15) is 111 Å². The fourth-order valence-corrected chi connectivity index (χ4v) is 10.7. The van der Waals surface area contributed by atoms with E-state index in [1.165, 1.54) is 38.1 Å². The number of hydrogen-bond acceptors (Lipinski definition) is 13. The van der Waals surface area contributed by atoms with Crippen molar-refractivity contribution in [1.82, 2.24) is 5.32 Å². The summed E-state index contributed by atoms with van der Waals surface area (Å²) < 4.78 is 30.6. The first kappa shape index (κ1) is 45.4. The van der Waals surface area contributed by atoms with Crippen LogP contribution >= 0.6 is 0 Å². The molecule has 330 valence electrons. The summed E-state index contributed by atoms with van der Waals surface area (Å²) in [7, 11) is 0. The van der Waals surface area contributed by atoms with E-state index in [9.17, 15) is 34.4 Å². The van der Waals surface area contributed by atoms with Gasteiger partial charge in [-0.1, -0.05) is 65.0 Å². The van der Waals surface area contributed by atoms with E-state index in [0.29, 0.717) is 23.1 Å². The lowest BCUT2D eigenvalue weighted by Crippen LogP contribution is -2.80. The van der Waals surface area contributed by atoms with E-state index in [2.05, 4.69) is 5.32 Å². The predicted octanol–water partition coefficient (Wildman–Crippen LogP) is 6.99. The second kappa shape index (κ2) is 16.0. The average Bonchev–Trinajstić information content (AvgIpc) is 3.17. The summed E-state index contributed by atoms with van der Waals surface area (Å²) >= 11 is 0. The van der Waals surface area contributed by atoms with Crippen molar-refractivity contribution in [3.8, 4) is 0 Å². The summed E-state index contributed by atoms with van der Waals surface area (Å²) in [5.74, 6) is -5.90. The summed E-state index contributed by atoms with van der Waals surface area (Å²) in [5.41, 5.74) is -5.66. The number of esters is 3. The molecule has 1 aliphatic heterocycles. The maximum absolute atomic E-state index is 15.4. The van der Waals surface area contributed by atoms with E-state index in [1.807, 2.05) is 6.92 Å². The van der Waals surface area contributed by atoms with Crippen molar-refractivity contribution in [3.05, 3.63) is 87.0 Å². The molecule has 4 aliphatic rings. The molecule has 0 spiro atoms. The number of amides is 1. The highest BCUT2D eigenvalue weighted by Gasteiger charge is 2.77. The number of aliphatic hydroxyl groups is 1. The number of fused-ring (bicyclic) bond motifs is 5. The maximum atomic E-state index is 15.4. The van der Waals surface area contributed by atoms with Crippen molar-refractivity contribution < 1.29 is 57.7 Å². The Bertz CT molecular complexity index is 2130. The summed E-state index contributed by atoms with van der Waals surface area (Å²) in [6, 6.07) is 12.5. The fraction of sp³-hybridized carbons (Fsp3) is 0.587. The number of carbonyl (C=O) groups excluding carboxylic acids is 5. The smallest absolute Gasteiger partial charge is 0.408 e. The second-order valence-corrected chi connectivity index (χ2v) is 19.1. The number of hydrogen-bond donors (Lipinski definition) is 2. The summed E-state index contributed by atoms with van der Waals surface area (Å²) in [4.78, 5) is 81.2. The van der Waals surface area contributed by atoms with Crippen molar-refractivity contribution in [2.24, 2.45) is 34.5 Å². The molecule has 1 saturated heterocycles. The lowest BCUT2D eigenvalue weighted by Gasteiger charge is -2.68. The minimum atomic E-state index is -2.07. The van der Waals surface area contributed by atoms with Gasteiger partial charge in [0, 0.05) is 42.2 Å². The summed E-state index contributed by atoms with van der Waals surface area (Å²) in [6.07, 6.45) is -4.15. The number of nitro groups is 1. The second-order valence-electron chi connectivity index (χ2n) is 19.1. The standard InChI is InChI=1S/C46H58N2O13/c1-24-21-33-45(23-57-33,60-28(5)49)36-38(59-40(52)30-15-13-12-14-16-30)46(54)22-32(25(2)34(43(46,9)10)26(3)37(50)44(24,36)11)58-39(51)27(4)35(47-41(53)61-42(6,7)8)29-17-19-31(20-18-29)48(55)56/h12-20,24,26-27,32-33,35-36,38,54H,21-23H2,1-11H3,(H,47,53)/t24-,26+,27+,32-,33+,35?,36-,38-,44+,45-,46+/m0/s1. The average molecular weight is 847 g/mol. The Balaban J connectivity index is 1.48. The van der Waals surface area contributed by atoms with Gasteiger partial charge in [-0.3, -0.25) is 24.5 Å².